The molecule has 9 aromatic rings. The van der Waals surface area contributed by atoms with Gasteiger partial charge >= 0.3 is 0 Å². The van der Waals surface area contributed by atoms with Gasteiger partial charge in [0.05, 0.1) is 0 Å². The number of hydrogen-bond acceptors (Lipinski definition) is 0. The van der Waals surface area contributed by atoms with Gasteiger partial charge in [-0.25, -0.2) is 0 Å². The van der Waals surface area contributed by atoms with Gasteiger partial charge in [0.1, 0.15) is 0 Å². The van der Waals surface area contributed by atoms with Crippen molar-refractivity contribution in [2.24, 2.45) is 0 Å². The molecule has 0 heterocycles. The summed E-state index contributed by atoms with van der Waals surface area (Å²) in [5.74, 6) is 0.385. The van der Waals surface area contributed by atoms with Crippen molar-refractivity contribution in [2.75, 3.05) is 0 Å². The monoisotopic (exact) mass is 696 g/mol. The third-order valence-corrected chi connectivity index (χ3v) is 12.7. The highest BCUT2D eigenvalue weighted by Gasteiger charge is 2.36. The molecule has 0 spiro atoms. The summed E-state index contributed by atoms with van der Waals surface area (Å²) in [4.78, 5) is 0. The lowest BCUT2D eigenvalue weighted by Crippen LogP contribution is -2.02. The van der Waals surface area contributed by atoms with Gasteiger partial charge < -0.3 is 0 Å². The Balaban J connectivity index is 0.988. The van der Waals surface area contributed by atoms with Crippen LogP contribution in [-0.4, -0.2) is 0 Å². The van der Waals surface area contributed by atoms with E-state index in [4.69, 9.17) is 0 Å². The molecule has 9 aromatic carbocycles. The van der Waals surface area contributed by atoms with Crippen molar-refractivity contribution in [3.63, 3.8) is 0 Å². The van der Waals surface area contributed by atoms with Crippen molar-refractivity contribution in [1.29, 1.82) is 0 Å². The molecule has 0 saturated carbocycles. The fourth-order valence-electron chi connectivity index (χ4n) is 10.1. The molecule has 12 rings (SSSR count). The number of benzene rings is 9. The topological polar surface area (TPSA) is 0 Å². The van der Waals surface area contributed by atoms with Gasteiger partial charge in [0.25, 0.3) is 0 Å². The summed E-state index contributed by atoms with van der Waals surface area (Å²) in [5.41, 5.74) is 24.5. The predicted molar refractivity (Wildman–Crippen MR) is 229 cm³/mol. The van der Waals surface area contributed by atoms with Gasteiger partial charge in [0, 0.05) is 11.8 Å². The Labute approximate surface area is 322 Å². The van der Waals surface area contributed by atoms with Crippen LogP contribution < -0.4 is 0 Å². The Morgan fingerprint density at radius 1 is 0.309 bits per heavy atom. The van der Waals surface area contributed by atoms with Crippen LogP contribution in [0.15, 0.2) is 194 Å². The smallest absolute Gasteiger partial charge is 0.0358 e. The molecule has 0 N–H and O–H groups in total. The van der Waals surface area contributed by atoms with Gasteiger partial charge in [0.15, 0.2) is 0 Å². The standard InChI is InChI=1S/C55H36/c1-2-10-34(11-3-1)36-18-21-37(22-19-36)52-46-17-9-8-16-45(46)50-32-39(24-27-47(50)52)40-25-28-48-51(33-40)49-29-26-43-31-41-14-6-7-15-44(41)53(43)55(49)54(48)42-23-20-35-12-4-5-13-38(35)30-42/h1-30,32-33,52,54H,31H2. The first-order chi connectivity index (χ1) is 27.3. The van der Waals surface area contributed by atoms with Crippen LogP contribution in [0, 0.1) is 0 Å². The zero-order chi connectivity index (χ0) is 36.0. The highest BCUT2D eigenvalue weighted by Crippen LogP contribution is 2.56. The van der Waals surface area contributed by atoms with Crippen molar-refractivity contribution >= 4 is 10.8 Å². The van der Waals surface area contributed by atoms with Crippen LogP contribution >= 0.6 is 0 Å². The third-order valence-electron chi connectivity index (χ3n) is 12.7. The third kappa shape index (κ3) is 4.65. The zero-order valence-electron chi connectivity index (χ0n) is 30.3. The largest absolute Gasteiger partial charge is 0.0622 e. The van der Waals surface area contributed by atoms with Crippen molar-refractivity contribution in [3.8, 4) is 55.6 Å². The average Bonchev–Trinajstić information content (AvgIpc) is 3.91. The normalized spacial score (nSPS) is 15.6. The Morgan fingerprint density at radius 3 is 1.73 bits per heavy atom. The fraction of sp³-hybridized carbons (Fsp3) is 0.0545. The molecule has 0 heteroatoms. The Bertz CT molecular complexity index is 3000. The fourth-order valence-corrected chi connectivity index (χ4v) is 10.1. The lowest BCUT2D eigenvalue weighted by atomic mass is 9.84. The molecule has 3 aliphatic carbocycles. The van der Waals surface area contributed by atoms with Gasteiger partial charge in [-0.05, 0) is 129 Å². The van der Waals surface area contributed by atoms with E-state index in [9.17, 15) is 0 Å². The molecule has 0 aromatic heterocycles. The molecule has 2 unspecified atom stereocenters. The Kier molecular flexibility index (Phi) is 6.62. The number of rotatable bonds is 4. The molecule has 0 saturated heterocycles. The van der Waals surface area contributed by atoms with Crippen molar-refractivity contribution in [2.45, 2.75) is 18.3 Å². The average molecular weight is 697 g/mol. The Hall–Kier alpha value is -6.76. The molecule has 3 aliphatic rings. The zero-order valence-corrected chi connectivity index (χ0v) is 30.3. The SMILES string of the molecule is c1ccc(-c2ccc(C3c4ccccc4-c4cc(-c5ccc6c(c5)-c5ccc7c(c5C6c5ccc6ccccc6c5)-c5ccccc5C7)ccc43)cc2)cc1. The van der Waals surface area contributed by atoms with E-state index in [1.807, 2.05) is 0 Å². The van der Waals surface area contributed by atoms with Gasteiger partial charge in [-0.3, -0.25) is 0 Å². The van der Waals surface area contributed by atoms with E-state index in [0.717, 1.165) is 6.42 Å². The maximum absolute atomic E-state index is 2.48. The molecule has 55 heavy (non-hydrogen) atoms. The van der Waals surface area contributed by atoms with E-state index in [1.54, 1.807) is 0 Å². The highest BCUT2D eigenvalue weighted by molar-refractivity contribution is 5.95. The van der Waals surface area contributed by atoms with Crippen LogP contribution in [0.4, 0.5) is 0 Å². The maximum Gasteiger partial charge on any atom is 0.0358 e. The van der Waals surface area contributed by atoms with E-state index in [2.05, 4.69) is 194 Å². The first-order valence-electron chi connectivity index (χ1n) is 19.5. The summed E-state index contributed by atoms with van der Waals surface area (Å²) in [6.45, 7) is 0. The van der Waals surface area contributed by atoms with Crippen molar-refractivity contribution < 1.29 is 0 Å². The van der Waals surface area contributed by atoms with Crippen LogP contribution in [0.3, 0.4) is 0 Å². The second-order valence-electron chi connectivity index (χ2n) is 15.5. The molecule has 0 amide bonds. The molecule has 256 valence electrons. The predicted octanol–water partition coefficient (Wildman–Crippen LogP) is 14.1. The van der Waals surface area contributed by atoms with E-state index in [-0.39, 0.29) is 11.8 Å². The van der Waals surface area contributed by atoms with Gasteiger partial charge in [0.2, 0.25) is 0 Å². The lowest BCUT2D eigenvalue weighted by Gasteiger charge is -2.19. The second-order valence-corrected chi connectivity index (χ2v) is 15.5. The molecule has 0 nitrogen and oxygen atoms in total. The molecular weight excluding hydrogens is 661 g/mol. The minimum atomic E-state index is 0.172. The summed E-state index contributed by atoms with van der Waals surface area (Å²) < 4.78 is 0. The van der Waals surface area contributed by atoms with Crippen LogP contribution in [-0.2, 0) is 6.42 Å². The Morgan fingerprint density at radius 2 is 0.909 bits per heavy atom. The van der Waals surface area contributed by atoms with E-state index in [1.165, 1.54) is 111 Å². The summed E-state index contributed by atoms with van der Waals surface area (Å²) in [6, 6.07) is 73.0. The minimum Gasteiger partial charge on any atom is -0.0622 e. The van der Waals surface area contributed by atoms with E-state index >= 15 is 0 Å². The number of fused-ring (bicyclic) bond motifs is 11. The van der Waals surface area contributed by atoms with E-state index in [0.29, 0.717) is 0 Å². The molecule has 0 radical (unpaired) electrons. The summed E-state index contributed by atoms with van der Waals surface area (Å²) >= 11 is 0. The van der Waals surface area contributed by atoms with Crippen LogP contribution in [0.25, 0.3) is 66.4 Å². The van der Waals surface area contributed by atoms with Gasteiger partial charge in [-0.2, -0.15) is 0 Å². The van der Waals surface area contributed by atoms with Crippen LogP contribution in [0.5, 0.6) is 0 Å². The minimum absolute atomic E-state index is 0.172. The highest BCUT2D eigenvalue weighted by atomic mass is 14.4. The van der Waals surface area contributed by atoms with E-state index < -0.39 is 0 Å². The van der Waals surface area contributed by atoms with Crippen LogP contribution in [0.2, 0.25) is 0 Å². The molecule has 0 bridgehead atoms. The summed E-state index contributed by atoms with van der Waals surface area (Å²) in [7, 11) is 0. The van der Waals surface area contributed by atoms with Crippen molar-refractivity contribution in [1.82, 2.24) is 0 Å². The quantitative estimate of drug-likeness (QED) is 0.172. The summed E-state index contributed by atoms with van der Waals surface area (Å²) in [6.07, 6.45) is 1.000. The summed E-state index contributed by atoms with van der Waals surface area (Å²) in [5, 5.41) is 2.58. The lowest BCUT2D eigenvalue weighted by molar-refractivity contribution is 1.02. The van der Waals surface area contributed by atoms with Crippen molar-refractivity contribution in [3.05, 3.63) is 239 Å². The first kappa shape index (κ1) is 30.7. The van der Waals surface area contributed by atoms with Crippen LogP contribution in [0.1, 0.15) is 56.3 Å². The first-order valence-corrected chi connectivity index (χ1v) is 19.5. The molecular formula is C55H36. The maximum atomic E-state index is 2.48. The molecule has 0 fully saturated rings. The number of hydrogen-bond donors (Lipinski definition) is 0. The van der Waals surface area contributed by atoms with Gasteiger partial charge in [-0.1, -0.05) is 182 Å². The van der Waals surface area contributed by atoms with Gasteiger partial charge in [-0.15, -0.1) is 0 Å². The molecule has 2 atom stereocenters. The second kappa shape index (κ2) is 11.9. The molecule has 0 aliphatic heterocycles.